The first-order valence-electron chi connectivity index (χ1n) is 4.39. The summed E-state index contributed by atoms with van der Waals surface area (Å²) in [5.41, 5.74) is -1.62. The third kappa shape index (κ3) is 3.59. The predicted molar refractivity (Wildman–Crippen MR) is 52.1 cm³/mol. The normalized spacial score (nSPS) is 13.8. The van der Waals surface area contributed by atoms with Crippen molar-refractivity contribution in [3.05, 3.63) is 23.3 Å². The van der Waals surface area contributed by atoms with E-state index in [-0.39, 0.29) is 37.7 Å². The largest absolute Gasteiger partial charge is 1.00 e. The van der Waals surface area contributed by atoms with Crippen molar-refractivity contribution in [1.29, 1.82) is 0 Å². The van der Waals surface area contributed by atoms with Crippen molar-refractivity contribution in [2.45, 2.75) is 9.79 Å². The Morgan fingerprint density at radius 3 is 1.81 bits per heavy atom. The summed E-state index contributed by atoms with van der Waals surface area (Å²) in [6.07, 6.45) is 0. The number of fused-ring (bicyclic) bond motifs is 1. The Kier molecular flexibility index (Phi) is 6.06. The van der Waals surface area contributed by atoms with E-state index in [0.717, 1.165) is 6.07 Å². The summed E-state index contributed by atoms with van der Waals surface area (Å²) >= 11 is 0. The van der Waals surface area contributed by atoms with Crippen LogP contribution in [0.4, 0.5) is 0 Å². The van der Waals surface area contributed by atoms with Crippen LogP contribution in [-0.2, 0) is 25.0 Å². The van der Waals surface area contributed by atoms with E-state index in [9.17, 15) is 35.5 Å². The second-order valence-corrected chi connectivity index (χ2v) is 6.07. The maximum atomic E-state index is 11.3. The second kappa shape index (κ2) is 6.24. The van der Waals surface area contributed by atoms with Crippen LogP contribution in [0.25, 0.3) is 0 Å². The summed E-state index contributed by atoms with van der Waals surface area (Å²) < 4.78 is 69.8. The van der Waals surface area contributed by atoms with Gasteiger partial charge in [0.1, 0.15) is 20.2 Å². The van der Waals surface area contributed by atoms with Gasteiger partial charge in [-0.3, -0.25) is 0 Å². The number of benzene rings is 1. The molecule has 21 heavy (non-hydrogen) atoms. The van der Waals surface area contributed by atoms with Crippen LogP contribution in [0.3, 0.4) is 0 Å². The van der Waals surface area contributed by atoms with Crippen molar-refractivity contribution < 1.29 is 78.0 Å². The quantitative estimate of drug-likeness (QED) is 0.223. The molecular formula is C8H2Li2O9S2. The second-order valence-electron chi connectivity index (χ2n) is 3.40. The number of carbonyl (C=O) groups excluding carboxylic acids is 2. The molecule has 0 aliphatic carbocycles. The minimum atomic E-state index is -5.48. The van der Waals surface area contributed by atoms with Crippen molar-refractivity contribution in [3.8, 4) is 0 Å². The van der Waals surface area contributed by atoms with Gasteiger partial charge in [0.25, 0.3) is 0 Å². The van der Waals surface area contributed by atoms with Gasteiger partial charge in [-0.2, -0.15) is 0 Å². The third-order valence-electron chi connectivity index (χ3n) is 2.25. The van der Waals surface area contributed by atoms with Crippen molar-refractivity contribution in [3.63, 3.8) is 0 Å². The summed E-state index contributed by atoms with van der Waals surface area (Å²) in [4.78, 5) is 19.5. The first-order chi connectivity index (χ1) is 8.53. The molecule has 0 amide bonds. The Hall–Kier alpha value is -0.625. The van der Waals surface area contributed by atoms with E-state index in [1.165, 1.54) is 0 Å². The number of hydrogen-bond acceptors (Lipinski definition) is 9. The van der Waals surface area contributed by atoms with Gasteiger partial charge in [0, 0.05) is 0 Å². The SMILES string of the molecule is O=C1OC(=O)c2c1ccc(S(=O)(=O)[O-])c2S(=O)(=O)[O-].[Li+].[Li+]. The van der Waals surface area contributed by atoms with Gasteiger partial charge in [0.2, 0.25) is 0 Å². The first kappa shape index (κ1) is 20.4. The molecular weight excluding hydrogens is 318 g/mol. The Labute approximate surface area is 142 Å². The maximum absolute atomic E-state index is 11.3. The van der Waals surface area contributed by atoms with Gasteiger partial charge >= 0.3 is 49.7 Å². The number of esters is 2. The van der Waals surface area contributed by atoms with E-state index >= 15 is 0 Å². The molecule has 0 aromatic heterocycles. The molecule has 13 heteroatoms. The van der Waals surface area contributed by atoms with E-state index in [4.69, 9.17) is 0 Å². The summed E-state index contributed by atoms with van der Waals surface area (Å²) in [5, 5.41) is 0. The van der Waals surface area contributed by atoms with Gasteiger partial charge < -0.3 is 13.8 Å². The minimum Gasteiger partial charge on any atom is -0.744 e. The molecule has 0 radical (unpaired) electrons. The van der Waals surface area contributed by atoms with E-state index < -0.39 is 53.1 Å². The molecule has 0 bridgehead atoms. The van der Waals surface area contributed by atoms with Gasteiger partial charge in [-0.15, -0.1) is 0 Å². The zero-order valence-electron chi connectivity index (χ0n) is 10.6. The van der Waals surface area contributed by atoms with Crippen LogP contribution in [0.15, 0.2) is 21.9 Å². The topological polar surface area (TPSA) is 158 Å². The Morgan fingerprint density at radius 1 is 0.857 bits per heavy atom. The average Bonchev–Trinajstić information content (AvgIpc) is 2.51. The van der Waals surface area contributed by atoms with Crippen molar-refractivity contribution in [2.75, 3.05) is 0 Å². The Morgan fingerprint density at radius 2 is 1.38 bits per heavy atom. The molecule has 0 N–H and O–H groups in total. The standard InChI is InChI=1S/C8H4O9S2.2Li/c9-7-3-1-2-4(18(11,12)13)6(19(14,15)16)5(3)8(10)17-7;;/h1-2H,(H,11,12,13)(H,14,15,16);;/q;2*+1/p-2. The van der Waals surface area contributed by atoms with E-state index in [0.29, 0.717) is 6.07 Å². The monoisotopic (exact) mass is 320 g/mol. The molecule has 0 atom stereocenters. The fourth-order valence-corrected chi connectivity index (χ4v) is 3.51. The van der Waals surface area contributed by atoms with Crippen molar-refractivity contribution >= 4 is 32.2 Å². The minimum absolute atomic E-state index is 0. The molecule has 0 saturated carbocycles. The van der Waals surface area contributed by atoms with Crippen LogP contribution in [0.1, 0.15) is 20.7 Å². The molecule has 0 saturated heterocycles. The van der Waals surface area contributed by atoms with Crippen LogP contribution >= 0.6 is 0 Å². The van der Waals surface area contributed by atoms with E-state index in [1.807, 2.05) is 0 Å². The van der Waals surface area contributed by atoms with Crippen LogP contribution in [0.2, 0.25) is 0 Å². The summed E-state index contributed by atoms with van der Waals surface area (Å²) in [5.74, 6) is -2.74. The van der Waals surface area contributed by atoms with Gasteiger partial charge in [-0.05, 0) is 12.1 Å². The molecule has 2 rings (SSSR count). The predicted octanol–water partition coefficient (Wildman–Crippen LogP) is -7.19. The smallest absolute Gasteiger partial charge is 0.744 e. The van der Waals surface area contributed by atoms with Gasteiger partial charge in [0.15, 0.2) is 0 Å². The van der Waals surface area contributed by atoms with Crippen molar-refractivity contribution in [1.82, 2.24) is 0 Å². The number of rotatable bonds is 2. The molecule has 0 unspecified atom stereocenters. The number of carbonyl (C=O) groups is 2. The van der Waals surface area contributed by atoms with E-state index in [1.54, 1.807) is 0 Å². The molecule has 1 aromatic rings. The van der Waals surface area contributed by atoms with Crippen LogP contribution in [-0.4, -0.2) is 37.9 Å². The summed E-state index contributed by atoms with van der Waals surface area (Å²) in [6, 6.07) is 1.19. The van der Waals surface area contributed by atoms with Gasteiger partial charge in [-0.25, -0.2) is 26.4 Å². The molecule has 1 aromatic carbocycles. The fourth-order valence-electron chi connectivity index (χ4n) is 1.57. The average molecular weight is 320 g/mol. The zero-order chi connectivity index (χ0) is 14.6. The first-order valence-corrected chi connectivity index (χ1v) is 7.20. The molecule has 9 nitrogen and oxygen atoms in total. The summed E-state index contributed by atoms with van der Waals surface area (Å²) in [6.45, 7) is 0. The third-order valence-corrected chi connectivity index (χ3v) is 4.18. The molecule has 1 aliphatic rings. The fraction of sp³-hybridized carbons (Fsp3) is 0. The van der Waals surface area contributed by atoms with Crippen LogP contribution < -0.4 is 37.7 Å². The molecule has 1 aliphatic heterocycles. The Balaban J connectivity index is 0.00000200. The van der Waals surface area contributed by atoms with Gasteiger partial charge in [0.05, 0.1) is 20.9 Å². The maximum Gasteiger partial charge on any atom is 1.00 e. The zero-order valence-corrected chi connectivity index (χ0v) is 12.3. The molecule has 0 fully saturated rings. The molecule has 0 spiro atoms. The molecule has 102 valence electrons. The van der Waals surface area contributed by atoms with Crippen molar-refractivity contribution in [2.24, 2.45) is 0 Å². The van der Waals surface area contributed by atoms with Gasteiger partial charge in [-0.1, -0.05) is 0 Å². The number of hydrogen-bond donors (Lipinski definition) is 0. The number of cyclic esters (lactones) is 2. The number of ether oxygens (including phenoxy) is 1. The van der Waals surface area contributed by atoms with E-state index in [2.05, 4.69) is 4.74 Å². The molecule has 1 heterocycles. The van der Waals surface area contributed by atoms with Crippen LogP contribution in [0.5, 0.6) is 0 Å². The summed E-state index contributed by atoms with van der Waals surface area (Å²) in [7, 11) is -10.8. The Bertz CT molecular complexity index is 826. The van der Waals surface area contributed by atoms with Crippen LogP contribution in [0, 0.1) is 0 Å².